The molecule has 0 unspecified atom stereocenters. The van der Waals surface area contributed by atoms with Crippen LogP contribution in [0.3, 0.4) is 0 Å². The van der Waals surface area contributed by atoms with Gasteiger partial charge in [0.1, 0.15) is 22.6 Å². The van der Waals surface area contributed by atoms with Crippen LogP contribution in [0.25, 0.3) is 89.7 Å². The number of benzene rings is 4. The van der Waals surface area contributed by atoms with Crippen molar-refractivity contribution in [2.75, 3.05) is 0 Å². The van der Waals surface area contributed by atoms with Crippen molar-refractivity contribution in [1.82, 2.24) is 39.9 Å². The van der Waals surface area contributed by atoms with E-state index in [1.165, 1.54) is 0 Å². The Morgan fingerprint density at radius 3 is 0.829 bits per heavy atom. The minimum Gasteiger partial charge on any atom is -0.324 e. The summed E-state index contributed by atoms with van der Waals surface area (Å²) >= 11 is 0. The molecule has 0 radical (unpaired) electrons. The summed E-state index contributed by atoms with van der Waals surface area (Å²) in [5, 5.41) is 3.82. The van der Waals surface area contributed by atoms with Crippen molar-refractivity contribution in [3.05, 3.63) is 97.1 Å². The van der Waals surface area contributed by atoms with Crippen LogP contribution in [-0.4, -0.2) is 39.9 Å². The summed E-state index contributed by atoms with van der Waals surface area (Å²) in [7, 11) is 0. The number of rotatable bonds is 0. The van der Waals surface area contributed by atoms with Gasteiger partial charge in [-0.1, -0.05) is 97.1 Å². The van der Waals surface area contributed by atoms with Crippen LogP contribution in [0.4, 0.5) is 0 Å². The van der Waals surface area contributed by atoms with E-state index in [0.717, 1.165) is 43.8 Å². The molecule has 2 N–H and O–H groups in total. The minimum atomic E-state index is 0. The number of H-pyrrole nitrogens is 2. The van der Waals surface area contributed by atoms with Crippen molar-refractivity contribution in [1.29, 1.82) is 0 Å². The van der Waals surface area contributed by atoms with Crippen molar-refractivity contribution in [2.45, 2.75) is 0 Å². The van der Waals surface area contributed by atoms with Gasteiger partial charge < -0.3 is 9.97 Å². The van der Waals surface area contributed by atoms with Crippen molar-refractivity contribution >= 4 is 44.1 Å². The Hall–Kier alpha value is -4.71. The largest absolute Gasteiger partial charge is 2.00 e. The van der Waals surface area contributed by atoms with Crippen molar-refractivity contribution in [2.24, 2.45) is 0 Å². The molecule has 0 amide bonds. The van der Waals surface area contributed by atoms with E-state index < -0.39 is 0 Å². The fourth-order valence-corrected chi connectivity index (χ4v) is 5.59. The number of nitrogens with zero attached hydrogens (tertiary/aromatic N) is 6. The molecule has 8 bridgehead atoms. The molecule has 8 nitrogen and oxygen atoms in total. The van der Waals surface area contributed by atoms with Crippen LogP contribution in [0, 0.1) is 31.1 Å². The van der Waals surface area contributed by atoms with Gasteiger partial charge >= 0.3 is 31.1 Å². The summed E-state index contributed by atoms with van der Waals surface area (Å²) in [6, 6.07) is 32.2. The van der Waals surface area contributed by atoms with Crippen LogP contribution in [0.5, 0.6) is 0 Å². The second kappa shape index (κ2) is 9.17. The van der Waals surface area contributed by atoms with E-state index in [2.05, 4.69) is 9.97 Å². The number of hydrogen-bond donors (Lipinski definition) is 2. The molecule has 188 valence electrons. The molecule has 9 rings (SSSR count). The summed E-state index contributed by atoms with van der Waals surface area (Å²) in [5.74, 6) is 2.39. The second-order valence-electron chi connectivity index (χ2n) is 9.79. The van der Waals surface area contributed by atoms with Crippen LogP contribution < -0.4 is 0 Å². The Morgan fingerprint density at radius 1 is 0.317 bits per heavy atom. The zero-order valence-corrected chi connectivity index (χ0v) is 25.6. The average Bonchev–Trinajstić information content (AvgIpc) is 3.73. The maximum Gasteiger partial charge on any atom is 2.00 e. The van der Waals surface area contributed by atoms with E-state index >= 15 is 0 Å². The summed E-state index contributed by atoms with van der Waals surface area (Å²) in [6.07, 6.45) is 0. The van der Waals surface area contributed by atoms with Gasteiger partial charge in [-0.15, -0.1) is 0 Å². The molecule has 0 spiro atoms. The fraction of sp³-hybridized carbons (Fsp3) is 0. The van der Waals surface area contributed by atoms with E-state index in [-0.39, 0.29) is 31.1 Å². The van der Waals surface area contributed by atoms with E-state index in [4.69, 9.17) is 29.9 Å². The van der Waals surface area contributed by atoms with Crippen LogP contribution in [0.15, 0.2) is 97.1 Å². The SMILES string of the molecule is [U+2].c1ccc2c(c1)-c1nc-2nc2[nH]c(nc3nc(nc4[nH]c(n1)c1ccccc41)-c1ccccc1-3)c1ccccc21. The summed E-state index contributed by atoms with van der Waals surface area (Å²) in [4.78, 5) is 36.8. The molecule has 5 heterocycles. The van der Waals surface area contributed by atoms with Gasteiger partial charge in [-0.2, -0.15) is 0 Å². The first-order valence-electron chi connectivity index (χ1n) is 13.0. The molecule has 2 aliphatic heterocycles. The normalized spacial score (nSPS) is 11.7. The van der Waals surface area contributed by atoms with Crippen LogP contribution in [-0.2, 0) is 0 Å². The summed E-state index contributed by atoms with van der Waals surface area (Å²) in [5.41, 5.74) is 6.45. The third-order valence-electron chi connectivity index (χ3n) is 7.46. The monoisotopic (exact) mass is 752 g/mol. The summed E-state index contributed by atoms with van der Waals surface area (Å²) < 4.78 is 0. The molecule has 0 saturated carbocycles. The maximum absolute atomic E-state index is 5.02. The number of aromatic nitrogens is 8. The van der Waals surface area contributed by atoms with Crippen LogP contribution in [0.1, 0.15) is 0 Å². The van der Waals surface area contributed by atoms with Crippen molar-refractivity contribution in [3.8, 4) is 45.6 Å². The van der Waals surface area contributed by atoms with Crippen LogP contribution in [0.2, 0.25) is 0 Å². The standard InChI is InChI=1S/C32H18N8.U/c1-2-10-18-17(9-1)25-33-26(18)38-28-21-13-5-6-14-22(21)30(35-28)40-32-24-16-8-7-15-23(24)31(36-32)39-29-20-12-4-3-11-19(20)27(34-29)37-25;/h1-16H,(H2,33,34,35,36,37,38,39,40);/q;+2. The van der Waals surface area contributed by atoms with Gasteiger partial charge in [-0.05, 0) is 0 Å². The molecular formula is C32H18N8U+2. The van der Waals surface area contributed by atoms with Gasteiger partial charge in [0.2, 0.25) is 0 Å². The van der Waals surface area contributed by atoms with Gasteiger partial charge in [-0.3, -0.25) is 0 Å². The van der Waals surface area contributed by atoms with E-state index in [0.29, 0.717) is 45.9 Å². The van der Waals surface area contributed by atoms with Gasteiger partial charge in [0.25, 0.3) is 0 Å². The van der Waals surface area contributed by atoms with Gasteiger partial charge in [0.05, 0.1) is 0 Å². The second-order valence-corrected chi connectivity index (χ2v) is 9.79. The van der Waals surface area contributed by atoms with Crippen molar-refractivity contribution < 1.29 is 31.1 Å². The Balaban J connectivity index is 0.00000256. The zero-order valence-electron chi connectivity index (χ0n) is 21.4. The Bertz CT molecular complexity index is 2030. The third kappa shape index (κ3) is 3.67. The molecule has 0 atom stereocenters. The topological polar surface area (TPSA) is 109 Å². The Morgan fingerprint density at radius 2 is 0.561 bits per heavy atom. The average molecular weight is 753 g/mol. The Kier molecular flexibility index (Phi) is 5.39. The molecule has 9 heteroatoms. The molecular weight excluding hydrogens is 734 g/mol. The third-order valence-corrected chi connectivity index (χ3v) is 7.46. The molecule has 0 fully saturated rings. The summed E-state index contributed by atoms with van der Waals surface area (Å²) in [6.45, 7) is 0. The first-order chi connectivity index (χ1) is 19.8. The first-order valence-corrected chi connectivity index (χ1v) is 13.0. The molecule has 0 aliphatic carbocycles. The number of aromatic amines is 2. The van der Waals surface area contributed by atoms with Gasteiger partial charge in [0, 0.05) is 43.8 Å². The molecule has 3 aromatic heterocycles. The minimum absolute atomic E-state index is 0. The van der Waals surface area contributed by atoms with Gasteiger partial charge in [-0.25, -0.2) is 29.9 Å². The maximum atomic E-state index is 5.02. The first kappa shape index (κ1) is 24.1. The fourth-order valence-electron chi connectivity index (χ4n) is 5.59. The molecule has 2 aliphatic rings. The molecule has 0 saturated heterocycles. The quantitative estimate of drug-likeness (QED) is 0.175. The van der Waals surface area contributed by atoms with E-state index in [1.807, 2.05) is 97.1 Å². The van der Waals surface area contributed by atoms with Gasteiger partial charge in [0.15, 0.2) is 23.3 Å². The number of hydrogen-bond acceptors (Lipinski definition) is 6. The van der Waals surface area contributed by atoms with E-state index in [1.54, 1.807) is 0 Å². The van der Waals surface area contributed by atoms with E-state index in [9.17, 15) is 0 Å². The Labute approximate surface area is 256 Å². The predicted molar refractivity (Wildman–Crippen MR) is 156 cm³/mol. The molecule has 41 heavy (non-hydrogen) atoms. The smallest absolute Gasteiger partial charge is 0.324 e. The molecule has 7 aromatic rings. The molecule has 4 aromatic carbocycles. The predicted octanol–water partition coefficient (Wildman–Crippen LogP) is 6.87. The van der Waals surface area contributed by atoms with Crippen LogP contribution >= 0.6 is 0 Å². The van der Waals surface area contributed by atoms with Crippen molar-refractivity contribution in [3.63, 3.8) is 0 Å². The zero-order chi connectivity index (χ0) is 26.2. The number of fused-ring (bicyclic) bond motifs is 20. The number of nitrogens with one attached hydrogen (secondary N) is 2.